The van der Waals surface area contributed by atoms with Gasteiger partial charge in [0.2, 0.25) is 0 Å². The molecule has 0 radical (unpaired) electrons. The molecule has 2 aromatic rings. The van der Waals surface area contributed by atoms with Crippen molar-refractivity contribution in [1.82, 2.24) is 0 Å². The fourth-order valence-electron chi connectivity index (χ4n) is 2.37. The smallest absolute Gasteiger partial charge is 0.163 e. The van der Waals surface area contributed by atoms with Gasteiger partial charge < -0.3 is 0 Å². The van der Waals surface area contributed by atoms with Crippen molar-refractivity contribution in [3.63, 3.8) is 0 Å². The van der Waals surface area contributed by atoms with Crippen LogP contribution in [0.2, 0.25) is 0 Å². The van der Waals surface area contributed by atoms with Gasteiger partial charge in [-0.15, -0.1) is 0 Å². The van der Waals surface area contributed by atoms with E-state index in [4.69, 9.17) is 0 Å². The van der Waals surface area contributed by atoms with Crippen LogP contribution >= 0.6 is 0 Å². The quantitative estimate of drug-likeness (QED) is 0.718. The van der Waals surface area contributed by atoms with E-state index < -0.39 is 0 Å². The summed E-state index contributed by atoms with van der Waals surface area (Å²) in [5, 5.41) is 0. The largest absolute Gasteiger partial charge is 0.294 e. The lowest BCUT2D eigenvalue weighted by molar-refractivity contribution is -0.115. The van der Waals surface area contributed by atoms with E-state index in [2.05, 4.69) is 42.5 Å². The molecule has 1 heteroatoms. The Morgan fingerprint density at radius 2 is 1.55 bits per heavy atom. The maximum Gasteiger partial charge on any atom is 0.163 e. The first-order valence-electron chi connectivity index (χ1n) is 6.90. The number of allylic oxidation sites excluding steroid dienone is 3. The standard InChI is InChI=1S/C19H16O/c20-19-9-5-4-8-18(19)14-15-10-12-17(13-11-15)16-6-2-1-3-7-16/h1-4,6-8,10-14H,5,9H2. The van der Waals surface area contributed by atoms with Crippen LogP contribution in [-0.2, 0) is 4.79 Å². The maximum atomic E-state index is 11.8. The molecule has 0 bridgehead atoms. The normalized spacial score (nSPS) is 16.6. The van der Waals surface area contributed by atoms with E-state index in [1.807, 2.05) is 30.4 Å². The Kier molecular flexibility index (Phi) is 3.60. The van der Waals surface area contributed by atoms with E-state index in [0.29, 0.717) is 6.42 Å². The highest BCUT2D eigenvalue weighted by Crippen LogP contribution is 2.21. The molecule has 0 aliphatic heterocycles. The molecule has 0 saturated carbocycles. The lowest BCUT2D eigenvalue weighted by Crippen LogP contribution is -2.03. The highest BCUT2D eigenvalue weighted by Gasteiger charge is 2.09. The molecule has 0 aromatic heterocycles. The first-order chi connectivity index (χ1) is 9.83. The van der Waals surface area contributed by atoms with E-state index in [1.165, 1.54) is 11.1 Å². The van der Waals surface area contributed by atoms with E-state index in [0.717, 1.165) is 17.6 Å². The van der Waals surface area contributed by atoms with Gasteiger partial charge in [0.25, 0.3) is 0 Å². The Labute approximate surface area is 119 Å². The van der Waals surface area contributed by atoms with Gasteiger partial charge in [-0.1, -0.05) is 66.7 Å². The van der Waals surface area contributed by atoms with Gasteiger partial charge in [0.05, 0.1) is 0 Å². The molecule has 1 nitrogen and oxygen atoms in total. The van der Waals surface area contributed by atoms with Gasteiger partial charge in [-0.2, -0.15) is 0 Å². The van der Waals surface area contributed by atoms with Gasteiger partial charge in [-0.3, -0.25) is 4.79 Å². The van der Waals surface area contributed by atoms with Crippen LogP contribution in [-0.4, -0.2) is 5.78 Å². The van der Waals surface area contributed by atoms with Crippen LogP contribution in [0.25, 0.3) is 17.2 Å². The number of carbonyl (C=O) groups excluding carboxylic acids is 1. The summed E-state index contributed by atoms with van der Waals surface area (Å²) >= 11 is 0. The Morgan fingerprint density at radius 3 is 2.25 bits per heavy atom. The molecule has 0 N–H and O–H groups in total. The average Bonchev–Trinajstić information content (AvgIpc) is 2.51. The minimum absolute atomic E-state index is 0.236. The van der Waals surface area contributed by atoms with Crippen LogP contribution in [0.4, 0.5) is 0 Å². The van der Waals surface area contributed by atoms with Crippen molar-refractivity contribution in [3.8, 4) is 11.1 Å². The van der Waals surface area contributed by atoms with Gasteiger partial charge in [-0.25, -0.2) is 0 Å². The highest BCUT2D eigenvalue weighted by molar-refractivity contribution is 6.03. The van der Waals surface area contributed by atoms with Gasteiger partial charge in [0, 0.05) is 12.0 Å². The summed E-state index contributed by atoms with van der Waals surface area (Å²) in [6, 6.07) is 18.6. The Balaban J connectivity index is 1.87. The van der Waals surface area contributed by atoms with Crippen LogP contribution in [0.5, 0.6) is 0 Å². The van der Waals surface area contributed by atoms with Crippen molar-refractivity contribution in [3.05, 3.63) is 77.9 Å². The van der Waals surface area contributed by atoms with Gasteiger partial charge >= 0.3 is 0 Å². The monoisotopic (exact) mass is 260 g/mol. The Morgan fingerprint density at radius 1 is 0.850 bits per heavy atom. The van der Waals surface area contributed by atoms with Gasteiger partial charge in [0.15, 0.2) is 5.78 Å². The topological polar surface area (TPSA) is 17.1 Å². The zero-order valence-corrected chi connectivity index (χ0v) is 11.3. The van der Waals surface area contributed by atoms with Crippen molar-refractivity contribution in [2.24, 2.45) is 0 Å². The summed E-state index contributed by atoms with van der Waals surface area (Å²) in [5.41, 5.74) is 4.28. The number of ketones is 1. The molecule has 20 heavy (non-hydrogen) atoms. The third-order valence-electron chi connectivity index (χ3n) is 3.50. The first-order valence-corrected chi connectivity index (χ1v) is 6.90. The van der Waals surface area contributed by atoms with Crippen molar-refractivity contribution < 1.29 is 4.79 Å². The third kappa shape index (κ3) is 2.77. The summed E-state index contributed by atoms with van der Waals surface area (Å²) in [4.78, 5) is 11.8. The number of hydrogen-bond donors (Lipinski definition) is 0. The number of benzene rings is 2. The SMILES string of the molecule is O=C1CCC=CC1=Cc1ccc(-c2ccccc2)cc1. The van der Waals surface area contributed by atoms with E-state index in [1.54, 1.807) is 0 Å². The lowest BCUT2D eigenvalue weighted by Gasteiger charge is -2.07. The summed E-state index contributed by atoms with van der Waals surface area (Å²) in [6.45, 7) is 0. The first kappa shape index (κ1) is 12.6. The molecular weight excluding hydrogens is 244 g/mol. The minimum atomic E-state index is 0.236. The molecule has 0 saturated heterocycles. The van der Waals surface area contributed by atoms with Crippen molar-refractivity contribution in [2.45, 2.75) is 12.8 Å². The molecule has 0 amide bonds. The highest BCUT2D eigenvalue weighted by atomic mass is 16.1. The third-order valence-corrected chi connectivity index (χ3v) is 3.50. The van der Waals surface area contributed by atoms with Crippen LogP contribution in [0, 0.1) is 0 Å². The molecule has 0 spiro atoms. The second-order valence-corrected chi connectivity index (χ2v) is 4.95. The van der Waals surface area contributed by atoms with Crippen molar-refractivity contribution in [1.29, 1.82) is 0 Å². The Bertz CT molecular complexity index is 661. The van der Waals surface area contributed by atoms with Crippen molar-refractivity contribution in [2.75, 3.05) is 0 Å². The second-order valence-electron chi connectivity index (χ2n) is 4.95. The molecule has 98 valence electrons. The predicted molar refractivity (Wildman–Crippen MR) is 83.2 cm³/mol. The molecule has 3 rings (SSSR count). The lowest BCUT2D eigenvalue weighted by atomic mass is 9.97. The van der Waals surface area contributed by atoms with Gasteiger partial charge in [-0.05, 0) is 29.2 Å². The van der Waals surface area contributed by atoms with Crippen LogP contribution < -0.4 is 0 Å². The van der Waals surface area contributed by atoms with Crippen LogP contribution in [0.15, 0.2) is 72.3 Å². The Hall–Kier alpha value is -2.41. The second kappa shape index (κ2) is 5.70. The van der Waals surface area contributed by atoms with Gasteiger partial charge in [0.1, 0.15) is 0 Å². The fourth-order valence-corrected chi connectivity index (χ4v) is 2.37. The van der Waals surface area contributed by atoms with E-state index in [9.17, 15) is 4.79 Å². The molecule has 0 unspecified atom stereocenters. The van der Waals surface area contributed by atoms with Crippen LogP contribution in [0.1, 0.15) is 18.4 Å². The molecule has 0 fully saturated rings. The number of rotatable bonds is 2. The van der Waals surface area contributed by atoms with Crippen molar-refractivity contribution >= 4 is 11.9 Å². The van der Waals surface area contributed by atoms with E-state index >= 15 is 0 Å². The summed E-state index contributed by atoms with van der Waals surface area (Å²) < 4.78 is 0. The molecule has 0 heterocycles. The molecule has 0 atom stereocenters. The number of hydrogen-bond acceptors (Lipinski definition) is 1. The number of carbonyl (C=O) groups is 1. The van der Waals surface area contributed by atoms with Crippen LogP contribution in [0.3, 0.4) is 0 Å². The average molecular weight is 260 g/mol. The number of Topliss-reactive ketones (excluding diaryl/α,β-unsaturated/α-hetero) is 1. The minimum Gasteiger partial charge on any atom is -0.294 e. The summed E-state index contributed by atoms with van der Waals surface area (Å²) in [5.74, 6) is 0.236. The summed E-state index contributed by atoms with van der Waals surface area (Å²) in [6.07, 6.45) is 7.45. The molecule has 1 aliphatic carbocycles. The fraction of sp³-hybridized carbons (Fsp3) is 0.105. The summed E-state index contributed by atoms with van der Waals surface area (Å²) in [7, 11) is 0. The molecule has 2 aromatic carbocycles. The predicted octanol–water partition coefficient (Wildman–Crippen LogP) is 4.66. The molecular formula is C19H16O. The zero-order valence-electron chi connectivity index (χ0n) is 11.3. The van der Waals surface area contributed by atoms with E-state index in [-0.39, 0.29) is 5.78 Å². The maximum absolute atomic E-state index is 11.8. The molecule has 1 aliphatic rings. The zero-order chi connectivity index (χ0) is 13.8.